The maximum atomic E-state index is 13.8. The molecule has 4 N–H and O–H groups in total. The Balaban J connectivity index is 2.01. The molecule has 0 radical (unpaired) electrons. The van der Waals surface area contributed by atoms with E-state index in [4.69, 9.17) is 9.52 Å². The number of nitrogens with zero attached hydrogens (tertiary/aromatic N) is 1. The standard InChI is InChI=1S/C25H32FN3O7/c1-3-5-6-7-18(20(4-2)29(35)15-30)24(33)27-14-28-25(34)22-11-10-21(36-22)16-8-9-19(26)17(12-16)13-23(31)32/h8-12,15,18,20,35H,3-7,13-14H2,1-2H3,(H,27,33)(H,28,34)(H,31,32)/t18?,20-/m1/s1. The molecule has 11 heteroatoms. The molecule has 2 aromatic rings. The number of hydrogen-bond acceptors (Lipinski definition) is 6. The van der Waals surface area contributed by atoms with E-state index in [2.05, 4.69) is 10.6 Å². The molecule has 0 spiro atoms. The molecule has 0 fully saturated rings. The molecule has 0 aliphatic heterocycles. The highest BCUT2D eigenvalue weighted by Gasteiger charge is 2.30. The van der Waals surface area contributed by atoms with Crippen LogP contribution in [0.15, 0.2) is 34.7 Å². The van der Waals surface area contributed by atoms with Crippen molar-refractivity contribution in [3.8, 4) is 11.3 Å². The van der Waals surface area contributed by atoms with Crippen LogP contribution < -0.4 is 10.6 Å². The van der Waals surface area contributed by atoms with E-state index >= 15 is 0 Å². The van der Waals surface area contributed by atoms with Crippen LogP contribution >= 0.6 is 0 Å². The first-order chi connectivity index (χ1) is 17.2. The molecule has 0 saturated heterocycles. The van der Waals surface area contributed by atoms with Gasteiger partial charge in [0.2, 0.25) is 12.3 Å². The number of rotatable bonds is 15. The Morgan fingerprint density at radius 3 is 2.53 bits per heavy atom. The van der Waals surface area contributed by atoms with Crippen LogP contribution in [0.1, 0.15) is 62.1 Å². The molecule has 2 rings (SSSR count). The molecule has 0 aliphatic rings. The third-order valence-electron chi connectivity index (χ3n) is 5.80. The zero-order valence-corrected chi connectivity index (χ0v) is 20.3. The zero-order chi connectivity index (χ0) is 26.7. The van der Waals surface area contributed by atoms with Crippen LogP contribution in [0.3, 0.4) is 0 Å². The van der Waals surface area contributed by atoms with Gasteiger partial charge in [0.15, 0.2) is 5.76 Å². The average Bonchev–Trinajstić information content (AvgIpc) is 3.34. The first-order valence-corrected chi connectivity index (χ1v) is 11.8. The highest BCUT2D eigenvalue weighted by atomic mass is 19.1. The number of amides is 3. The summed E-state index contributed by atoms with van der Waals surface area (Å²) in [6, 6.07) is 6.09. The summed E-state index contributed by atoms with van der Waals surface area (Å²) in [6.45, 7) is 3.58. The molecular formula is C25H32FN3O7. The third kappa shape index (κ3) is 7.91. The van der Waals surface area contributed by atoms with Gasteiger partial charge in [-0.15, -0.1) is 0 Å². The first-order valence-electron chi connectivity index (χ1n) is 11.8. The fourth-order valence-corrected chi connectivity index (χ4v) is 3.92. The van der Waals surface area contributed by atoms with Crippen LogP contribution in [-0.4, -0.2) is 52.3 Å². The molecule has 0 aliphatic carbocycles. The maximum absolute atomic E-state index is 13.8. The minimum absolute atomic E-state index is 0.0139. The zero-order valence-electron chi connectivity index (χ0n) is 20.3. The highest BCUT2D eigenvalue weighted by Crippen LogP contribution is 2.25. The van der Waals surface area contributed by atoms with Gasteiger partial charge in [0.05, 0.1) is 25.0 Å². The van der Waals surface area contributed by atoms with Gasteiger partial charge in [0.1, 0.15) is 11.6 Å². The summed E-state index contributed by atoms with van der Waals surface area (Å²) in [6.07, 6.45) is 3.22. The molecule has 196 valence electrons. The number of furan rings is 1. The van der Waals surface area contributed by atoms with E-state index in [1.807, 2.05) is 6.92 Å². The van der Waals surface area contributed by atoms with Crippen molar-refractivity contribution in [2.24, 2.45) is 5.92 Å². The van der Waals surface area contributed by atoms with Gasteiger partial charge in [0, 0.05) is 5.56 Å². The summed E-state index contributed by atoms with van der Waals surface area (Å²) >= 11 is 0. The second kappa shape index (κ2) is 14.0. The SMILES string of the molecule is CCCCCC(C(=O)NCNC(=O)c1ccc(-c2ccc(F)c(CC(=O)O)c2)o1)[C@@H](CC)N(O)C=O. The van der Waals surface area contributed by atoms with Crippen molar-refractivity contribution in [3.63, 3.8) is 0 Å². The quantitative estimate of drug-likeness (QED) is 0.0953. The number of carbonyl (C=O) groups excluding carboxylic acids is 3. The van der Waals surface area contributed by atoms with Crippen molar-refractivity contribution in [3.05, 3.63) is 47.5 Å². The van der Waals surface area contributed by atoms with Crippen molar-refractivity contribution < 1.29 is 38.3 Å². The van der Waals surface area contributed by atoms with Gasteiger partial charge in [-0.05, 0) is 48.7 Å². The molecule has 1 aromatic carbocycles. The van der Waals surface area contributed by atoms with E-state index in [0.717, 1.165) is 25.3 Å². The van der Waals surface area contributed by atoms with Crippen molar-refractivity contribution >= 4 is 24.2 Å². The second-order valence-electron chi connectivity index (χ2n) is 8.33. The van der Waals surface area contributed by atoms with E-state index in [1.165, 1.54) is 24.3 Å². The molecule has 10 nitrogen and oxygen atoms in total. The fourth-order valence-electron chi connectivity index (χ4n) is 3.92. The fraction of sp³-hybridized carbons (Fsp3) is 0.440. The van der Waals surface area contributed by atoms with Crippen molar-refractivity contribution in [1.82, 2.24) is 15.7 Å². The first kappa shape index (κ1) is 28.5. The minimum atomic E-state index is -1.18. The molecule has 3 amide bonds. The third-order valence-corrected chi connectivity index (χ3v) is 5.80. The van der Waals surface area contributed by atoms with Crippen LogP contribution in [0.25, 0.3) is 11.3 Å². The molecule has 1 unspecified atom stereocenters. The van der Waals surface area contributed by atoms with Crippen LogP contribution in [0.5, 0.6) is 0 Å². The Bertz CT molecular complexity index is 1060. The second-order valence-corrected chi connectivity index (χ2v) is 8.33. The van der Waals surface area contributed by atoms with Gasteiger partial charge in [-0.1, -0.05) is 33.1 Å². The molecule has 0 bridgehead atoms. The van der Waals surface area contributed by atoms with E-state index in [1.54, 1.807) is 6.92 Å². The summed E-state index contributed by atoms with van der Waals surface area (Å²) in [4.78, 5) is 47.2. The van der Waals surface area contributed by atoms with E-state index < -0.39 is 42.0 Å². The Morgan fingerprint density at radius 2 is 1.89 bits per heavy atom. The van der Waals surface area contributed by atoms with Crippen molar-refractivity contribution in [2.75, 3.05) is 6.67 Å². The molecule has 2 atom stereocenters. The van der Waals surface area contributed by atoms with E-state index in [0.29, 0.717) is 23.5 Å². The van der Waals surface area contributed by atoms with Crippen LogP contribution in [-0.2, 0) is 20.8 Å². The Morgan fingerprint density at radius 1 is 1.14 bits per heavy atom. The summed E-state index contributed by atoms with van der Waals surface area (Å²) in [5.74, 6) is -3.31. The summed E-state index contributed by atoms with van der Waals surface area (Å²) in [5.41, 5.74) is 0.393. The van der Waals surface area contributed by atoms with Crippen molar-refractivity contribution in [1.29, 1.82) is 0 Å². The largest absolute Gasteiger partial charge is 0.481 e. The average molecular weight is 506 g/mol. The smallest absolute Gasteiger partial charge is 0.307 e. The van der Waals surface area contributed by atoms with Crippen LogP contribution in [0.2, 0.25) is 0 Å². The Kier molecular flexibility index (Phi) is 11.1. The lowest BCUT2D eigenvalue weighted by Crippen LogP contribution is -2.47. The summed E-state index contributed by atoms with van der Waals surface area (Å²) in [5, 5.41) is 24.4. The molecular weight excluding hydrogens is 473 g/mol. The van der Waals surface area contributed by atoms with Gasteiger partial charge in [-0.3, -0.25) is 24.4 Å². The lowest BCUT2D eigenvalue weighted by atomic mass is 9.90. The predicted molar refractivity (Wildman–Crippen MR) is 127 cm³/mol. The summed E-state index contributed by atoms with van der Waals surface area (Å²) < 4.78 is 19.4. The lowest BCUT2D eigenvalue weighted by Gasteiger charge is -2.29. The van der Waals surface area contributed by atoms with E-state index in [-0.39, 0.29) is 30.2 Å². The monoisotopic (exact) mass is 505 g/mol. The Labute approximate surface area is 208 Å². The molecule has 36 heavy (non-hydrogen) atoms. The molecule has 0 saturated carbocycles. The minimum Gasteiger partial charge on any atom is -0.481 e. The lowest BCUT2D eigenvalue weighted by molar-refractivity contribution is -0.168. The van der Waals surface area contributed by atoms with Gasteiger partial charge >= 0.3 is 5.97 Å². The van der Waals surface area contributed by atoms with E-state index in [9.17, 15) is 28.8 Å². The van der Waals surface area contributed by atoms with Gasteiger partial charge in [0.25, 0.3) is 5.91 Å². The topological polar surface area (TPSA) is 149 Å². The number of benzene rings is 1. The number of carboxylic acids is 1. The Hall–Kier alpha value is -3.73. The van der Waals surface area contributed by atoms with Gasteiger partial charge in [-0.2, -0.15) is 0 Å². The number of hydrogen-bond donors (Lipinski definition) is 4. The molecule has 1 heterocycles. The normalized spacial score (nSPS) is 12.4. The number of carboxylic acid groups (broad SMARTS) is 1. The summed E-state index contributed by atoms with van der Waals surface area (Å²) in [7, 11) is 0. The van der Waals surface area contributed by atoms with Crippen molar-refractivity contribution in [2.45, 2.75) is 58.4 Å². The number of nitrogens with one attached hydrogen (secondary N) is 2. The van der Waals surface area contributed by atoms with Crippen LogP contribution in [0, 0.1) is 11.7 Å². The molecule has 1 aromatic heterocycles. The maximum Gasteiger partial charge on any atom is 0.307 e. The van der Waals surface area contributed by atoms with Crippen LogP contribution in [0.4, 0.5) is 4.39 Å². The highest BCUT2D eigenvalue weighted by molar-refractivity contribution is 5.92. The number of carbonyl (C=O) groups is 4. The number of aliphatic carboxylic acids is 1. The predicted octanol–water partition coefficient (Wildman–Crippen LogP) is 3.34. The van der Waals surface area contributed by atoms with Gasteiger partial charge in [-0.25, -0.2) is 9.45 Å². The number of halogens is 1. The van der Waals surface area contributed by atoms with Gasteiger partial charge < -0.3 is 20.2 Å². The number of unbranched alkanes of at least 4 members (excludes halogenated alkanes) is 2. The number of hydroxylamine groups is 2.